The third kappa shape index (κ3) is 4.52. The number of rotatable bonds is 5. The Kier molecular flexibility index (Phi) is 5.44. The summed E-state index contributed by atoms with van der Waals surface area (Å²) >= 11 is 0. The molecular formula is C21H24N2O4. The van der Waals surface area contributed by atoms with Gasteiger partial charge < -0.3 is 24.4 Å². The maximum absolute atomic E-state index is 12.3. The summed E-state index contributed by atoms with van der Waals surface area (Å²) < 4.78 is 16.5. The number of benzene rings is 2. The molecule has 4 rings (SSSR count). The summed E-state index contributed by atoms with van der Waals surface area (Å²) in [7, 11) is 0. The SMILES string of the molecule is O=C(CCc1ccc2c(c1)OCCO2)Nc1ccc(N2CCOCC2)cc1. The predicted molar refractivity (Wildman–Crippen MR) is 104 cm³/mol. The highest BCUT2D eigenvalue weighted by molar-refractivity contribution is 5.91. The smallest absolute Gasteiger partial charge is 0.224 e. The van der Waals surface area contributed by atoms with E-state index in [9.17, 15) is 4.79 Å². The van der Waals surface area contributed by atoms with Crippen molar-refractivity contribution in [2.45, 2.75) is 12.8 Å². The fourth-order valence-corrected chi connectivity index (χ4v) is 3.30. The zero-order chi connectivity index (χ0) is 18.5. The van der Waals surface area contributed by atoms with Gasteiger partial charge in [0, 0.05) is 30.9 Å². The Morgan fingerprint density at radius 2 is 1.67 bits per heavy atom. The molecule has 0 aromatic heterocycles. The van der Waals surface area contributed by atoms with Gasteiger partial charge in [0.05, 0.1) is 13.2 Å². The van der Waals surface area contributed by atoms with Crippen LogP contribution in [0, 0.1) is 0 Å². The van der Waals surface area contributed by atoms with E-state index in [1.807, 2.05) is 42.5 Å². The molecule has 0 unspecified atom stereocenters. The minimum atomic E-state index is 0.00371. The lowest BCUT2D eigenvalue weighted by Gasteiger charge is -2.28. The van der Waals surface area contributed by atoms with E-state index in [0.29, 0.717) is 26.1 Å². The average molecular weight is 368 g/mol. The monoisotopic (exact) mass is 368 g/mol. The molecule has 1 saturated heterocycles. The van der Waals surface area contributed by atoms with Crippen LogP contribution < -0.4 is 19.7 Å². The summed E-state index contributed by atoms with van der Waals surface area (Å²) in [6.07, 6.45) is 1.08. The maximum Gasteiger partial charge on any atom is 0.224 e. The number of fused-ring (bicyclic) bond motifs is 1. The summed E-state index contributed by atoms with van der Waals surface area (Å²) in [5.74, 6) is 1.54. The molecule has 142 valence electrons. The number of morpholine rings is 1. The molecule has 2 heterocycles. The van der Waals surface area contributed by atoms with Crippen molar-refractivity contribution in [1.29, 1.82) is 0 Å². The van der Waals surface area contributed by atoms with Crippen LogP contribution in [-0.4, -0.2) is 45.4 Å². The minimum absolute atomic E-state index is 0.00371. The van der Waals surface area contributed by atoms with Crippen LogP contribution in [0.15, 0.2) is 42.5 Å². The first-order chi connectivity index (χ1) is 13.3. The number of hydrogen-bond acceptors (Lipinski definition) is 5. The number of carbonyl (C=O) groups is 1. The van der Waals surface area contributed by atoms with Gasteiger partial charge in [0.2, 0.25) is 5.91 Å². The molecule has 0 spiro atoms. The second-order valence-corrected chi connectivity index (χ2v) is 6.67. The number of ether oxygens (including phenoxy) is 3. The first kappa shape index (κ1) is 17.7. The molecule has 1 fully saturated rings. The van der Waals surface area contributed by atoms with E-state index in [-0.39, 0.29) is 5.91 Å². The first-order valence-electron chi connectivity index (χ1n) is 9.39. The van der Waals surface area contributed by atoms with Crippen LogP contribution in [0.4, 0.5) is 11.4 Å². The Labute approximate surface area is 159 Å². The van der Waals surface area contributed by atoms with Crippen LogP contribution in [0.25, 0.3) is 0 Å². The number of anilines is 2. The fraction of sp³-hybridized carbons (Fsp3) is 0.381. The van der Waals surface area contributed by atoms with Crippen molar-refractivity contribution in [1.82, 2.24) is 0 Å². The molecule has 0 radical (unpaired) electrons. The molecule has 2 aliphatic heterocycles. The van der Waals surface area contributed by atoms with Gasteiger partial charge in [0.25, 0.3) is 0 Å². The Bertz CT molecular complexity index is 785. The molecule has 2 aromatic rings. The van der Waals surface area contributed by atoms with Crippen molar-refractivity contribution >= 4 is 17.3 Å². The van der Waals surface area contributed by atoms with Crippen molar-refractivity contribution < 1.29 is 19.0 Å². The molecule has 0 aliphatic carbocycles. The van der Waals surface area contributed by atoms with E-state index in [4.69, 9.17) is 14.2 Å². The molecule has 2 aliphatic rings. The van der Waals surface area contributed by atoms with E-state index >= 15 is 0 Å². The van der Waals surface area contributed by atoms with Gasteiger partial charge in [0.15, 0.2) is 11.5 Å². The number of nitrogens with zero attached hydrogens (tertiary/aromatic N) is 1. The zero-order valence-electron chi connectivity index (χ0n) is 15.3. The Morgan fingerprint density at radius 3 is 2.44 bits per heavy atom. The van der Waals surface area contributed by atoms with Crippen LogP contribution in [0.2, 0.25) is 0 Å². The molecule has 2 aromatic carbocycles. The third-order valence-electron chi connectivity index (χ3n) is 4.77. The highest BCUT2D eigenvalue weighted by atomic mass is 16.6. The lowest BCUT2D eigenvalue weighted by molar-refractivity contribution is -0.116. The largest absolute Gasteiger partial charge is 0.486 e. The van der Waals surface area contributed by atoms with E-state index in [1.165, 1.54) is 0 Å². The zero-order valence-corrected chi connectivity index (χ0v) is 15.3. The van der Waals surface area contributed by atoms with E-state index in [2.05, 4.69) is 10.2 Å². The summed E-state index contributed by atoms with van der Waals surface area (Å²) in [6.45, 7) is 4.48. The summed E-state index contributed by atoms with van der Waals surface area (Å²) in [6, 6.07) is 13.8. The van der Waals surface area contributed by atoms with Crippen LogP contribution >= 0.6 is 0 Å². The lowest BCUT2D eigenvalue weighted by atomic mass is 10.1. The minimum Gasteiger partial charge on any atom is -0.486 e. The molecular weight excluding hydrogens is 344 g/mol. The normalized spacial score (nSPS) is 16.1. The molecule has 0 atom stereocenters. The summed E-state index contributed by atoms with van der Waals surface area (Å²) in [4.78, 5) is 14.6. The second kappa shape index (κ2) is 8.31. The summed E-state index contributed by atoms with van der Waals surface area (Å²) in [5, 5.41) is 2.97. The van der Waals surface area contributed by atoms with Crippen molar-refractivity contribution in [3.63, 3.8) is 0 Å². The van der Waals surface area contributed by atoms with E-state index in [0.717, 1.165) is 54.7 Å². The maximum atomic E-state index is 12.3. The van der Waals surface area contributed by atoms with Crippen LogP contribution in [-0.2, 0) is 16.0 Å². The van der Waals surface area contributed by atoms with Gasteiger partial charge in [-0.3, -0.25) is 4.79 Å². The van der Waals surface area contributed by atoms with Crippen LogP contribution in [0.1, 0.15) is 12.0 Å². The highest BCUT2D eigenvalue weighted by Gasteiger charge is 2.13. The van der Waals surface area contributed by atoms with Crippen molar-refractivity contribution in [2.75, 3.05) is 49.7 Å². The number of nitrogens with one attached hydrogen (secondary N) is 1. The van der Waals surface area contributed by atoms with Crippen molar-refractivity contribution in [2.24, 2.45) is 0 Å². The molecule has 6 nitrogen and oxygen atoms in total. The average Bonchev–Trinajstić information content (AvgIpc) is 2.73. The molecule has 6 heteroatoms. The quantitative estimate of drug-likeness (QED) is 0.879. The Balaban J connectivity index is 1.29. The standard InChI is InChI=1S/C21H24N2O4/c24-21(8-2-16-1-7-19-20(15-16)27-14-13-26-19)22-17-3-5-18(6-4-17)23-9-11-25-12-10-23/h1,3-7,15H,2,8-14H2,(H,22,24). The fourth-order valence-electron chi connectivity index (χ4n) is 3.30. The van der Waals surface area contributed by atoms with Crippen LogP contribution in [0.5, 0.6) is 11.5 Å². The molecule has 1 amide bonds. The first-order valence-corrected chi connectivity index (χ1v) is 9.39. The van der Waals surface area contributed by atoms with Gasteiger partial charge >= 0.3 is 0 Å². The van der Waals surface area contributed by atoms with Gasteiger partial charge in [0.1, 0.15) is 13.2 Å². The summed E-state index contributed by atoms with van der Waals surface area (Å²) in [5.41, 5.74) is 3.05. The second-order valence-electron chi connectivity index (χ2n) is 6.67. The number of hydrogen-bond donors (Lipinski definition) is 1. The van der Waals surface area contributed by atoms with Gasteiger partial charge in [-0.25, -0.2) is 0 Å². The van der Waals surface area contributed by atoms with Gasteiger partial charge in [-0.1, -0.05) is 6.07 Å². The van der Waals surface area contributed by atoms with Crippen molar-refractivity contribution in [3.8, 4) is 11.5 Å². The van der Waals surface area contributed by atoms with Gasteiger partial charge in [-0.15, -0.1) is 0 Å². The highest BCUT2D eigenvalue weighted by Crippen LogP contribution is 2.31. The third-order valence-corrected chi connectivity index (χ3v) is 4.77. The van der Waals surface area contributed by atoms with Crippen molar-refractivity contribution in [3.05, 3.63) is 48.0 Å². The number of aryl methyl sites for hydroxylation is 1. The molecule has 27 heavy (non-hydrogen) atoms. The van der Waals surface area contributed by atoms with E-state index in [1.54, 1.807) is 0 Å². The number of carbonyl (C=O) groups excluding carboxylic acids is 1. The Hall–Kier alpha value is -2.73. The lowest BCUT2D eigenvalue weighted by Crippen LogP contribution is -2.36. The topological polar surface area (TPSA) is 60.0 Å². The van der Waals surface area contributed by atoms with Gasteiger partial charge in [-0.05, 0) is 48.4 Å². The predicted octanol–water partition coefficient (Wildman–Crippen LogP) is 2.87. The van der Waals surface area contributed by atoms with E-state index < -0.39 is 0 Å². The molecule has 1 N–H and O–H groups in total. The van der Waals surface area contributed by atoms with Crippen LogP contribution in [0.3, 0.4) is 0 Å². The molecule has 0 bridgehead atoms. The number of amides is 1. The van der Waals surface area contributed by atoms with Gasteiger partial charge in [-0.2, -0.15) is 0 Å². The molecule has 0 saturated carbocycles. The Morgan fingerprint density at radius 1 is 0.926 bits per heavy atom.